The number of piperazine rings is 1. The summed E-state index contributed by atoms with van der Waals surface area (Å²) in [5.41, 5.74) is 2.83. The molecule has 6 heteroatoms. The number of nitrogens with zero attached hydrogens (tertiary/aromatic N) is 3. The lowest BCUT2D eigenvalue weighted by atomic mass is 10.2. The van der Waals surface area contributed by atoms with Crippen LogP contribution in [0.4, 0.5) is 0 Å². The van der Waals surface area contributed by atoms with Crippen LogP contribution in [0, 0.1) is 0 Å². The maximum atomic E-state index is 6.49. The second-order valence-electron chi connectivity index (χ2n) is 7.09. The first-order chi connectivity index (χ1) is 13.2. The fraction of sp³-hybridized carbons (Fsp3) is 0.381. The van der Waals surface area contributed by atoms with Crippen molar-refractivity contribution in [3.8, 4) is 17.1 Å². The minimum absolute atomic E-state index is 0.644. The molecule has 27 heavy (non-hydrogen) atoms. The summed E-state index contributed by atoms with van der Waals surface area (Å²) >= 11 is 6.49. The molecule has 4 rings (SSSR count). The normalized spacial score (nSPS) is 16.1. The van der Waals surface area contributed by atoms with Gasteiger partial charge in [-0.05, 0) is 43.8 Å². The second kappa shape index (κ2) is 8.30. The Labute approximate surface area is 164 Å². The standard InChI is InChI=1S/C21H25ClN4O/c1-25-10-12-26(13-11-25)9-4-14-27-16-7-8-17(18(22)15-16)21-23-19-5-2-3-6-20(19)24-21/h2-3,5-8,15H,4,9-14H2,1H3,(H,23,24). The largest absolute Gasteiger partial charge is 0.493 e. The van der Waals surface area contributed by atoms with Crippen molar-refractivity contribution in [3.63, 3.8) is 0 Å². The number of hydrogen-bond acceptors (Lipinski definition) is 4. The van der Waals surface area contributed by atoms with E-state index in [4.69, 9.17) is 16.3 Å². The number of benzene rings is 2. The van der Waals surface area contributed by atoms with Crippen molar-refractivity contribution in [3.05, 3.63) is 47.5 Å². The van der Waals surface area contributed by atoms with Gasteiger partial charge in [-0.2, -0.15) is 0 Å². The monoisotopic (exact) mass is 384 g/mol. The van der Waals surface area contributed by atoms with E-state index < -0.39 is 0 Å². The van der Waals surface area contributed by atoms with Gasteiger partial charge in [-0.3, -0.25) is 0 Å². The lowest BCUT2D eigenvalue weighted by Crippen LogP contribution is -2.44. The maximum absolute atomic E-state index is 6.49. The van der Waals surface area contributed by atoms with Crippen molar-refractivity contribution in [1.82, 2.24) is 19.8 Å². The van der Waals surface area contributed by atoms with Crippen molar-refractivity contribution in [2.24, 2.45) is 0 Å². The Hall–Kier alpha value is -2.08. The van der Waals surface area contributed by atoms with Gasteiger partial charge in [0, 0.05) is 38.3 Å². The van der Waals surface area contributed by atoms with Crippen molar-refractivity contribution in [2.75, 3.05) is 46.4 Å². The van der Waals surface area contributed by atoms with Crippen LogP contribution in [0.15, 0.2) is 42.5 Å². The van der Waals surface area contributed by atoms with Crippen LogP contribution in [0.2, 0.25) is 5.02 Å². The molecule has 1 aliphatic rings. The number of nitrogens with one attached hydrogen (secondary N) is 1. The molecule has 142 valence electrons. The number of imidazole rings is 1. The number of H-pyrrole nitrogens is 1. The molecule has 0 atom stereocenters. The van der Waals surface area contributed by atoms with Gasteiger partial charge < -0.3 is 19.5 Å². The second-order valence-corrected chi connectivity index (χ2v) is 7.50. The summed E-state index contributed by atoms with van der Waals surface area (Å²) in [6.07, 6.45) is 1.02. The first-order valence-corrected chi connectivity index (χ1v) is 9.85. The number of aromatic amines is 1. The summed E-state index contributed by atoms with van der Waals surface area (Å²) in [6, 6.07) is 13.8. The number of likely N-dealkylation sites (N-methyl/N-ethyl adjacent to an activating group) is 1. The Morgan fingerprint density at radius 2 is 1.93 bits per heavy atom. The zero-order chi connectivity index (χ0) is 18.6. The minimum Gasteiger partial charge on any atom is -0.493 e. The fourth-order valence-corrected chi connectivity index (χ4v) is 3.67. The SMILES string of the molecule is CN1CCN(CCCOc2ccc(-c3nc4ccccc4[nH]3)c(Cl)c2)CC1. The smallest absolute Gasteiger partial charge is 0.140 e. The van der Waals surface area contributed by atoms with Gasteiger partial charge in [-0.15, -0.1) is 0 Å². The molecule has 0 unspecified atom stereocenters. The summed E-state index contributed by atoms with van der Waals surface area (Å²) in [5, 5.41) is 0.644. The average Bonchev–Trinajstić information content (AvgIpc) is 3.10. The third kappa shape index (κ3) is 4.43. The molecule has 2 heterocycles. The molecule has 1 N–H and O–H groups in total. The number of halogens is 1. The van der Waals surface area contributed by atoms with Gasteiger partial charge in [0.1, 0.15) is 11.6 Å². The molecule has 0 radical (unpaired) electrons. The predicted octanol–water partition coefficient (Wildman–Crippen LogP) is 3.90. The zero-order valence-electron chi connectivity index (χ0n) is 15.6. The van der Waals surface area contributed by atoms with Crippen molar-refractivity contribution in [2.45, 2.75) is 6.42 Å². The van der Waals surface area contributed by atoms with E-state index in [9.17, 15) is 0 Å². The van der Waals surface area contributed by atoms with Crippen LogP contribution < -0.4 is 4.74 Å². The summed E-state index contributed by atoms with van der Waals surface area (Å²) < 4.78 is 5.90. The molecule has 1 aliphatic heterocycles. The Bertz CT molecular complexity index is 869. The number of para-hydroxylation sites is 2. The molecule has 0 amide bonds. The van der Waals surface area contributed by atoms with E-state index in [0.717, 1.165) is 67.3 Å². The Morgan fingerprint density at radius 1 is 1.11 bits per heavy atom. The topological polar surface area (TPSA) is 44.4 Å². The minimum atomic E-state index is 0.644. The lowest BCUT2D eigenvalue weighted by molar-refractivity contribution is 0.145. The van der Waals surface area contributed by atoms with Crippen LogP contribution in [0.5, 0.6) is 5.75 Å². The molecule has 1 aromatic heterocycles. The van der Waals surface area contributed by atoms with E-state index in [1.54, 1.807) is 0 Å². The van der Waals surface area contributed by atoms with Gasteiger partial charge in [-0.25, -0.2) is 4.98 Å². The van der Waals surface area contributed by atoms with Crippen LogP contribution >= 0.6 is 11.6 Å². The van der Waals surface area contributed by atoms with Gasteiger partial charge in [0.25, 0.3) is 0 Å². The summed E-state index contributed by atoms with van der Waals surface area (Å²) in [7, 11) is 2.18. The summed E-state index contributed by atoms with van der Waals surface area (Å²) in [4.78, 5) is 12.8. The highest BCUT2D eigenvalue weighted by molar-refractivity contribution is 6.33. The molecule has 1 saturated heterocycles. The highest BCUT2D eigenvalue weighted by Gasteiger charge is 2.13. The van der Waals surface area contributed by atoms with Gasteiger partial charge >= 0.3 is 0 Å². The van der Waals surface area contributed by atoms with Crippen molar-refractivity contribution < 1.29 is 4.74 Å². The lowest BCUT2D eigenvalue weighted by Gasteiger charge is -2.32. The molecule has 0 spiro atoms. The van der Waals surface area contributed by atoms with E-state index >= 15 is 0 Å². The number of rotatable bonds is 6. The Balaban J connectivity index is 1.33. The van der Waals surface area contributed by atoms with Gasteiger partial charge in [0.05, 0.1) is 22.7 Å². The number of fused-ring (bicyclic) bond motifs is 1. The Kier molecular flexibility index (Phi) is 5.62. The summed E-state index contributed by atoms with van der Waals surface area (Å²) in [5.74, 6) is 1.58. The molecule has 0 bridgehead atoms. The number of ether oxygens (including phenoxy) is 1. The average molecular weight is 385 g/mol. The van der Waals surface area contributed by atoms with Gasteiger partial charge in [0.15, 0.2) is 0 Å². The molecule has 5 nitrogen and oxygen atoms in total. The van der Waals surface area contributed by atoms with E-state index in [0.29, 0.717) is 11.6 Å². The maximum Gasteiger partial charge on any atom is 0.140 e. The first kappa shape index (κ1) is 18.3. The number of hydrogen-bond donors (Lipinski definition) is 1. The third-order valence-corrected chi connectivity index (χ3v) is 5.38. The number of aromatic nitrogens is 2. The molecular formula is C21H25ClN4O. The van der Waals surface area contributed by atoms with Gasteiger partial charge in [-0.1, -0.05) is 23.7 Å². The predicted molar refractivity (Wildman–Crippen MR) is 111 cm³/mol. The molecule has 2 aromatic carbocycles. The van der Waals surface area contributed by atoms with Crippen LogP contribution in [0.1, 0.15) is 6.42 Å². The molecular weight excluding hydrogens is 360 g/mol. The van der Waals surface area contributed by atoms with E-state index in [-0.39, 0.29) is 0 Å². The third-order valence-electron chi connectivity index (χ3n) is 5.07. The van der Waals surface area contributed by atoms with Crippen molar-refractivity contribution >= 4 is 22.6 Å². The molecule has 0 saturated carbocycles. The van der Waals surface area contributed by atoms with E-state index in [1.165, 1.54) is 0 Å². The van der Waals surface area contributed by atoms with Crippen LogP contribution in [-0.2, 0) is 0 Å². The zero-order valence-corrected chi connectivity index (χ0v) is 16.4. The van der Waals surface area contributed by atoms with E-state index in [2.05, 4.69) is 26.8 Å². The first-order valence-electron chi connectivity index (χ1n) is 9.47. The highest BCUT2D eigenvalue weighted by atomic mass is 35.5. The van der Waals surface area contributed by atoms with Crippen LogP contribution in [0.25, 0.3) is 22.4 Å². The van der Waals surface area contributed by atoms with Crippen molar-refractivity contribution in [1.29, 1.82) is 0 Å². The highest BCUT2D eigenvalue weighted by Crippen LogP contribution is 2.30. The fourth-order valence-electron chi connectivity index (χ4n) is 3.41. The molecule has 1 fully saturated rings. The quantitative estimate of drug-likeness (QED) is 0.654. The van der Waals surface area contributed by atoms with E-state index in [1.807, 2.05) is 42.5 Å². The van der Waals surface area contributed by atoms with Crippen LogP contribution in [0.3, 0.4) is 0 Å². The van der Waals surface area contributed by atoms with Gasteiger partial charge in [0.2, 0.25) is 0 Å². The van der Waals surface area contributed by atoms with Crippen LogP contribution in [-0.4, -0.2) is 66.1 Å². The molecule has 0 aliphatic carbocycles. The Morgan fingerprint density at radius 3 is 2.70 bits per heavy atom. The summed E-state index contributed by atoms with van der Waals surface area (Å²) in [6.45, 7) is 6.38. The molecule has 3 aromatic rings.